The van der Waals surface area contributed by atoms with Gasteiger partial charge >= 0.3 is 0 Å². The predicted molar refractivity (Wildman–Crippen MR) is 112 cm³/mol. The van der Waals surface area contributed by atoms with Gasteiger partial charge in [0.2, 0.25) is 0 Å². The van der Waals surface area contributed by atoms with Gasteiger partial charge in [-0.25, -0.2) is 4.99 Å². The van der Waals surface area contributed by atoms with Gasteiger partial charge in [0.05, 0.1) is 31.6 Å². The summed E-state index contributed by atoms with van der Waals surface area (Å²) < 4.78 is 17.3. The normalized spacial score (nSPS) is 21.7. The zero-order valence-corrected chi connectivity index (χ0v) is 17.2. The quantitative estimate of drug-likeness (QED) is 0.420. The van der Waals surface area contributed by atoms with E-state index in [2.05, 4.69) is 16.8 Å². The van der Waals surface area contributed by atoms with E-state index in [1.54, 1.807) is 6.26 Å². The van der Waals surface area contributed by atoms with Gasteiger partial charge in [-0.05, 0) is 51.2 Å². The Labute approximate surface area is 169 Å². The van der Waals surface area contributed by atoms with E-state index in [4.69, 9.17) is 18.9 Å². The van der Waals surface area contributed by atoms with E-state index < -0.39 is 0 Å². The maximum absolute atomic E-state index is 6.14. The number of likely N-dealkylation sites (tertiary alicyclic amines) is 1. The van der Waals surface area contributed by atoms with Crippen molar-refractivity contribution in [2.24, 2.45) is 4.99 Å². The largest absolute Gasteiger partial charge is 0.469 e. The van der Waals surface area contributed by atoms with Gasteiger partial charge in [-0.15, -0.1) is 0 Å². The molecule has 1 aromatic rings. The molecule has 156 valence electrons. The van der Waals surface area contributed by atoms with Crippen LogP contribution in [0.15, 0.2) is 40.0 Å². The lowest BCUT2D eigenvalue weighted by Crippen LogP contribution is -2.47. The molecule has 3 rings (SSSR count). The van der Waals surface area contributed by atoms with Gasteiger partial charge in [0, 0.05) is 32.7 Å². The number of nitrogens with zero attached hydrogens (tertiary/aromatic N) is 2. The number of hydrogen-bond acceptors (Lipinski definition) is 4. The molecule has 0 bridgehead atoms. The van der Waals surface area contributed by atoms with Gasteiger partial charge in [0.15, 0.2) is 5.96 Å². The number of aliphatic imine (C=N–C) groups is 1. The number of rotatable bonds is 8. The monoisotopic (exact) mass is 389 g/mol. The van der Waals surface area contributed by atoms with Crippen molar-refractivity contribution in [1.29, 1.82) is 0 Å². The summed E-state index contributed by atoms with van der Waals surface area (Å²) in [5.41, 5.74) is 1.07. The Morgan fingerprint density at radius 2 is 2.18 bits per heavy atom. The molecule has 1 unspecified atom stereocenters. The molecule has 2 saturated heterocycles. The van der Waals surface area contributed by atoms with Crippen LogP contribution >= 0.6 is 0 Å². The Morgan fingerprint density at radius 1 is 1.32 bits per heavy atom. The van der Waals surface area contributed by atoms with Crippen LogP contribution in [0.2, 0.25) is 0 Å². The maximum Gasteiger partial charge on any atom is 0.194 e. The van der Waals surface area contributed by atoms with Gasteiger partial charge in [-0.1, -0.05) is 12.2 Å². The molecule has 1 N–H and O–H groups in total. The van der Waals surface area contributed by atoms with Crippen LogP contribution in [-0.4, -0.2) is 62.5 Å². The summed E-state index contributed by atoms with van der Waals surface area (Å²) in [5.74, 6) is 1.95. The number of furan rings is 1. The molecule has 6 nitrogen and oxygen atoms in total. The van der Waals surface area contributed by atoms with Gasteiger partial charge < -0.3 is 24.1 Å². The molecule has 1 atom stereocenters. The standard InChI is InChI=1S/C22H35N3O3/c1-18(2)16-24-22(23-11-8-19-7-5-15-26-19)25-12-9-20(10-13-25)28-17-21-6-3-4-14-27-21/h5,7,15,20-21H,1,3-4,6,8-14,16-17H2,2H3,(H,23,24). The topological polar surface area (TPSA) is 59.2 Å². The molecule has 2 aliphatic heterocycles. The summed E-state index contributed by atoms with van der Waals surface area (Å²) in [4.78, 5) is 7.09. The average Bonchev–Trinajstić information content (AvgIpc) is 3.24. The Hall–Kier alpha value is -1.79. The molecule has 0 spiro atoms. The van der Waals surface area contributed by atoms with E-state index in [9.17, 15) is 0 Å². The molecule has 0 radical (unpaired) electrons. The van der Waals surface area contributed by atoms with E-state index in [0.29, 0.717) is 18.8 Å². The Balaban J connectivity index is 1.43. The first kappa shape index (κ1) is 20.9. The molecular weight excluding hydrogens is 354 g/mol. The van der Waals surface area contributed by atoms with Crippen LogP contribution < -0.4 is 5.32 Å². The lowest BCUT2D eigenvalue weighted by molar-refractivity contribution is -0.0721. The highest BCUT2D eigenvalue weighted by molar-refractivity contribution is 5.80. The highest BCUT2D eigenvalue weighted by Gasteiger charge is 2.24. The van der Waals surface area contributed by atoms with Crippen molar-refractivity contribution >= 4 is 5.96 Å². The number of nitrogens with one attached hydrogen (secondary N) is 1. The SMILES string of the molecule is C=C(C)CN=C(NCCc1ccco1)N1CCC(OCC2CCCCO2)CC1. The molecule has 0 aromatic carbocycles. The molecule has 0 aliphatic carbocycles. The lowest BCUT2D eigenvalue weighted by atomic mass is 10.1. The minimum Gasteiger partial charge on any atom is -0.469 e. The van der Waals surface area contributed by atoms with Crippen LogP contribution in [0.4, 0.5) is 0 Å². The fourth-order valence-electron chi connectivity index (χ4n) is 3.65. The first-order valence-corrected chi connectivity index (χ1v) is 10.6. The van der Waals surface area contributed by atoms with Gasteiger partial charge in [-0.3, -0.25) is 0 Å². The molecule has 2 fully saturated rings. The molecular formula is C22H35N3O3. The summed E-state index contributed by atoms with van der Waals surface area (Å²) in [6, 6.07) is 3.93. The van der Waals surface area contributed by atoms with E-state index in [1.165, 1.54) is 12.8 Å². The second-order valence-corrected chi connectivity index (χ2v) is 7.86. The van der Waals surface area contributed by atoms with E-state index in [0.717, 1.165) is 75.8 Å². The first-order valence-electron chi connectivity index (χ1n) is 10.6. The van der Waals surface area contributed by atoms with Crippen LogP contribution in [0.3, 0.4) is 0 Å². The number of hydrogen-bond donors (Lipinski definition) is 1. The van der Waals surface area contributed by atoms with Gasteiger partial charge in [0.1, 0.15) is 5.76 Å². The fraction of sp³-hybridized carbons (Fsp3) is 0.682. The highest BCUT2D eigenvalue weighted by atomic mass is 16.5. The van der Waals surface area contributed by atoms with Crippen molar-refractivity contribution in [3.05, 3.63) is 36.3 Å². The van der Waals surface area contributed by atoms with Crippen molar-refractivity contribution < 1.29 is 13.9 Å². The second-order valence-electron chi connectivity index (χ2n) is 7.86. The van der Waals surface area contributed by atoms with Crippen LogP contribution in [0.1, 0.15) is 44.8 Å². The van der Waals surface area contributed by atoms with Crippen molar-refractivity contribution in [2.45, 2.75) is 57.7 Å². The number of piperidine rings is 1. The minimum atomic E-state index is 0.294. The molecule has 0 amide bonds. The van der Waals surface area contributed by atoms with Gasteiger partial charge in [-0.2, -0.15) is 0 Å². The summed E-state index contributed by atoms with van der Waals surface area (Å²) in [7, 11) is 0. The molecule has 0 saturated carbocycles. The zero-order valence-electron chi connectivity index (χ0n) is 17.2. The average molecular weight is 390 g/mol. The third-order valence-electron chi connectivity index (χ3n) is 5.27. The van der Waals surface area contributed by atoms with Crippen LogP contribution in [0, 0.1) is 0 Å². The maximum atomic E-state index is 6.14. The molecule has 6 heteroatoms. The smallest absolute Gasteiger partial charge is 0.194 e. The zero-order chi connectivity index (χ0) is 19.6. The summed E-state index contributed by atoms with van der Waals surface area (Å²) in [5, 5.41) is 3.50. The molecule has 28 heavy (non-hydrogen) atoms. The second kappa shape index (κ2) is 11.3. The Morgan fingerprint density at radius 3 is 2.86 bits per heavy atom. The van der Waals surface area contributed by atoms with E-state index in [-0.39, 0.29) is 0 Å². The van der Waals surface area contributed by atoms with Crippen molar-refractivity contribution in [1.82, 2.24) is 10.2 Å². The lowest BCUT2D eigenvalue weighted by Gasteiger charge is -2.35. The highest BCUT2D eigenvalue weighted by Crippen LogP contribution is 2.18. The summed E-state index contributed by atoms with van der Waals surface area (Å²) in [6.45, 7) is 11.0. The van der Waals surface area contributed by atoms with Crippen molar-refractivity contribution in [3.8, 4) is 0 Å². The summed E-state index contributed by atoms with van der Waals surface area (Å²) >= 11 is 0. The third kappa shape index (κ3) is 6.99. The third-order valence-corrected chi connectivity index (χ3v) is 5.27. The Kier molecular flexibility index (Phi) is 8.42. The summed E-state index contributed by atoms with van der Waals surface area (Å²) in [6.07, 6.45) is 8.82. The van der Waals surface area contributed by atoms with Crippen LogP contribution in [0.25, 0.3) is 0 Å². The van der Waals surface area contributed by atoms with Crippen molar-refractivity contribution in [3.63, 3.8) is 0 Å². The predicted octanol–water partition coefficient (Wildman–Crippen LogP) is 3.39. The number of guanidine groups is 1. The van der Waals surface area contributed by atoms with Crippen LogP contribution in [-0.2, 0) is 15.9 Å². The molecule has 2 aliphatic rings. The Bertz CT molecular complexity index is 601. The van der Waals surface area contributed by atoms with Gasteiger partial charge in [0.25, 0.3) is 0 Å². The fourth-order valence-corrected chi connectivity index (χ4v) is 3.65. The molecule has 1 aromatic heterocycles. The van der Waals surface area contributed by atoms with Crippen LogP contribution in [0.5, 0.6) is 0 Å². The van der Waals surface area contributed by atoms with E-state index in [1.807, 2.05) is 19.1 Å². The first-order chi connectivity index (χ1) is 13.7. The molecule has 3 heterocycles. The number of ether oxygens (including phenoxy) is 2. The minimum absolute atomic E-state index is 0.294. The van der Waals surface area contributed by atoms with Crippen molar-refractivity contribution in [2.75, 3.05) is 39.4 Å². The van der Waals surface area contributed by atoms with E-state index >= 15 is 0 Å².